The molecule has 6 nitrogen and oxygen atoms in total. The van der Waals surface area contributed by atoms with Crippen LogP contribution in [0.1, 0.15) is 42.6 Å². The van der Waals surface area contributed by atoms with Crippen molar-refractivity contribution in [3.05, 3.63) is 42.0 Å². The molecule has 2 aromatic rings. The summed E-state index contributed by atoms with van der Waals surface area (Å²) in [6.45, 7) is 6.25. The van der Waals surface area contributed by atoms with Gasteiger partial charge in [0.2, 0.25) is 0 Å². The summed E-state index contributed by atoms with van der Waals surface area (Å²) in [5.41, 5.74) is 2.31. The van der Waals surface area contributed by atoms with Crippen LogP contribution in [0.25, 0.3) is 5.69 Å². The Morgan fingerprint density at radius 3 is 2.65 bits per heavy atom. The summed E-state index contributed by atoms with van der Waals surface area (Å²) < 4.78 is 1.64. The first kappa shape index (κ1) is 17.1. The fourth-order valence-corrected chi connectivity index (χ4v) is 2.68. The van der Waals surface area contributed by atoms with Crippen molar-refractivity contribution in [2.75, 3.05) is 6.54 Å². The van der Waals surface area contributed by atoms with Crippen LogP contribution >= 0.6 is 0 Å². The number of rotatable bonds is 7. The number of aliphatic hydroxyl groups excluding tert-OH is 1. The van der Waals surface area contributed by atoms with Crippen LogP contribution in [-0.2, 0) is 0 Å². The molecule has 0 bridgehead atoms. The van der Waals surface area contributed by atoms with Gasteiger partial charge in [-0.05, 0) is 36.6 Å². The van der Waals surface area contributed by atoms with E-state index in [2.05, 4.69) is 15.4 Å². The highest BCUT2D eigenvalue weighted by Gasteiger charge is 2.17. The number of hydrogen-bond donors (Lipinski definition) is 2. The van der Waals surface area contributed by atoms with E-state index in [9.17, 15) is 9.90 Å². The molecular formula is C17H24N4O2. The minimum atomic E-state index is -0.510. The highest BCUT2D eigenvalue weighted by atomic mass is 16.3. The van der Waals surface area contributed by atoms with E-state index in [1.165, 1.54) is 6.33 Å². The van der Waals surface area contributed by atoms with Gasteiger partial charge in [-0.3, -0.25) is 4.79 Å². The van der Waals surface area contributed by atoms with Crippen molar-refractivity contribution >= 4 is 5.91 Å². The lowest BCUT2D eigenvalue weighted by atomic mass is 9.96. The summed E-state index contributed by atoms with van der Waals surface area (Å²) in [5.74, 6) is 0.0451. The third kappa shape index (κ3) is 4.16. The van der Waals surface area contributed by atoms with Gasteiger partial charge in [0.15, 0.2) is 0 Å². The van der Waals surface area contributed by atoms with Crippen LogP contribution in [0.5, 0.6) is 0 Å². The topological polar surface area (TPSA) is 80.0 Å². The number of aryl methyl sites for hydroxylation is 1. The molecule has 2 rings (SSSR count). The highest BCUT2D eigenvalue weighted by molar-refractivity contribution is 5.95. The van der Waals surface area contributed by atoms with Gasteiger partial charge in [0.25, 0.3) is 5.91 Å². The summed E-state index contributed by atoms with van der Waals surface area (Å²) in [5, 5.41) is 17.0. The molecule has 1 unspecified atom stereocenters. The molecule has 0 aliphatic heterocycles. The molecule has 0 aliphatic rings. The fraction of sp³-hybridized carbons (Fsp3) is 0.471. The number of amides is 1. The zero-order valence-corrected chi connectivity index (χ0v) is 13.9. The molecule has 2 N–H and O–H groups in total. The quantitative estimate of drug-likeness (QED) is 0.820. The third-order valence-corrected chi connectivity index (χ3v) is 4.20. The summed E-state index contributed by atoms with van der Waals surface area (Å²) in [6, 6.07) is 5.49. The first-order valence-corrected chi connectivity index (χ1v) is 7.98. The number of carbonyl (C=O) groups is 1. The molecule has 0 aliphatic carbocycles. The molecule has 1 amide bonds. The second-order valence-corrected chi connectivity index (χ2v) is 5.69. The smallest absolute Gasteiger partial charge is 0.251 e. The van der Waals surface area contributed by atoms with Gasteiger partial charge in [-0.2, -0.15) is 5.10 Å². The molecule has 0 radical (unpaired) electrons. The van der Waals surface area contributed by atoms with Crippen LogP contribution in [0, 0.1) is 12.8 Å². The fourth-order valence-electron chi connectivity index (χ4n) is 2.68. The largest absolute Gasteiger partial charge is 0.391 e. The zero-order chi connectivity index (χ0) is 16.8. The zero-order valence-electron chi connectivity index (χ0n) is 13.9. The van der Waals surface area contributed by atoms with Gasteiger partial charge in [0, 0.05) is 12.1 Å². The van der Waals surface area contributed by atoms with E-state index in [1.807, 2.05) is 32.9 Å². The van der Waals surface area contributed by atoms with Crippen molar-refractivity contribution in [1.82, 2.24) is 20.1 Å². The van der Waals surface area contributed by atoms with Gasteiger partial charge in [0.05, 0.1) is 11.8 Å². The Kier molecular flexibility index (Phi) is 5.87. The van der Waals surface area contributed by atoms with Crippen molar-refractivity contribution in [3.63, 3.8) is 0 Å². The lowest BCUT2D eigenvalue weighted by molar-refractivity contribution is 0.0816. The van der Waals surface area contributed by atoms with Crippen molar-refractivity contribution < 1.29 is 9.90 Å². The summed E-state index contributed by atoms with van der Waals surface area (Å²) >= 11 is 0. The van der Waals surface area contributed by atoms with Gasteiger partial charge in [-0.1, -0.05) is 26.7 Å². The van der Waals surface area contributed by atoms with Crippen LogP contribution in [0.15, 0.2) is 30.9 Å². The van der Waals surface area contributed by atoms with Crippen molar-refractivity contribution in [3.8, 4) is 5.69 Å². The van der Waals surface area contributed by atoms with Crippen LogP contribution in [0.4, 0.5) is 0 Å². The predicted octanol–water partition coefficient (Wildman–Crippen LogP) is 2.10. The maximum absolute atomic E-state index is 12.3. The molecule has 23 heavy (non-hydrogen) atoms. The standard InChI is InChI=1S/C17H24N4O2/c1-4-13(5-2)16(22)9-19-17(23)15-7-6-14(8-12(15)3)21-11-18-10-20-21/h6-8,10-11,13,16,22H,4-5,9H2,1-3H3,(H,19,23). The minimum Gasteiger partial charge on any atom is -0.391 e. The maximum Gasteiger partial charge on any atom is 0.251 e. The van der Waals surface area contributed by atoms with Crippen LogP contribution in [-0.4, -0.2) is 38.4 Å². The molecule has 1 aromatic carbocycles. The number of benzene rings is 1. The number of hydrogen-bond acceptors (Lipinski definition) is 4. The van der Waals surface area contributed by atoms with Gasteiger partial charge in [0.1, 0.15) is 12.7 Å². The van der Waals surface area contributed by atoms with Gasteiger partial charge >= 0.3 is 0 Å². The van der Waals surface area contributed by atoms with Crippen LogP contribution in [0.2, 0.25) is 0 Å². The van der Waals surface area contributed by atoms with Gasteiger partial charge < -0.3 is 10.4 Å². The Balaban J connectivity index is 2.02. The van der Waals surface area contributed by atoms with E-state index in [4.69, 9.17) is 0 Å². The van der Waals surface area contributed by atoms with Gasteiger partial charge in [-0.15, -0.1) is 0 Å². The second kappa shape index (κ2) is 7.87. The van der Waals surface area contributed by atoms with Crippen molar-refractivity contribution in [2.45, 2.75) is 39.7 Å². The Morgan fingerprint density at radius 1 is 1.35 bits per heavy atom. The number of aromatic nitrogens is 3. The van der Waals surface area contributed by atoms with Crippen LogP contribution in [0.3, 0.4) is 0 Å². The Bertz CT molecular complexity index is 636. The lowest BCUT2D eigenvalue weighted by Gasteiger charge is -2.20. The van der Waals surface area contributed by atoms with E-state index in [1.54, 1.807) is 17.1 Å². The Hall–Kier alpha value is -2.21. The number of nitrogens with one attached hydrogen (secondary N) is 1. The van der Waals surface area contributed by atoms with Crippen LogP contribution < -0.4 is 5.32 Å². The lowest BCUT2D eigenvalue weighted by Crippen LogP contribution is -2.36. The molecule has 1 aromatic heterocycles. The second-order valence-electron chi connectivity index (χ2n) is 5.69. The SMILES string of the molecule is CCC(CC)C(O)CNC(=O)c1ccc(-n2cncn2)cc1C. The molecule has 0 spiro atoms. The normalized spacial score (nSPS) is 12.4. The molecule has 0 saturated carbocycles. The highest BCUT2D eigenvalue weighted by Crippen LogP contribution is 2.15. The first-order valence-electron chi connectivity index (χ1n) is 7.98. The van der Waals surface area contributed by atoms with E-state index in [0.717, 1.165) is 24.1 Å². The average Bonchev–Trinajstić information content (AvgIpc) is 3.08. The van der Waals surface area contributed by atoms with E-state index >= 15 is 0 Å². The van der Waals surface area contributed by atoms with E-state index < -0.39 is 6.10 Å². The Labute approximate surface area is 136 Å². The van der Waals surface area contributed by atoms with Gasteiger partial charge in [-0.25, -0.2) is 9.67 Å². The molecule has 0 fully saturated rings. The number of carbonyl (C=O) groups excluding carboxylic acids is 1. The minimum absolute atomic E-state index is 0.169. The van der Waals surface area contributed by atoms with E-state index in [0.29, 0.717) is 5.56 Å². The van der Waals surface area contributed by atoms with Crippen molar-refractivity contribution in [2.24, 2.45) is 5.92 Å². The third-order valence-electron chi connectivity index (χ3n) is 4.20. The molecule has 1 atom stereocenters. The predicted molar refractivity (Wildman–Crippen MR) is 88.5 cm³/mol. The summed E-state index contributed by atoms with van der Waals surface area (Å²) in [6.07, 6.45) is 4.37. The molecular weight excluding hydrogens is 292 g/mol. The molecule has 1 heterocycles. The summed E-state index contributed by atoms with van der Waals surface area (Å²) in [7, 11) is 0. The summed E-state index contributed by atoms with van der Waals surface area (Å²) in [4.78, 5) is 16.2. The average molecular weight is 316 g/mol. The first-order chi connectivity index (χ1) is 11.1. The van der Waals surface area contributed by atoms with E-state index in [-0.39, 0.29) is 18.4 Å². The molecule has 6 heteroatoms. The number of nitrogens with zero attached hydrogens (tertiary/aromatic N) is 3. The molecule has 124 valence electrons. The monoisotopic (exact) mass is 316 g/mol. The Morgan fingerprint density at radius 2 is 2.09 bits per heavy atom. The molecule has 0 saturated heterocycles. The van der Waals surface area contributed by atoms with Crippen molar-refractivity contribution in [1.29, 1.82) is 0 Å². The number of aliphatic hydroxyl groups is 1. The maximum atomic E-state index is 12.3.